The summed E-state index contributed by atoms with van der Waals surface area (Å²) in [5, 5.41) is 7.27. The molecule has 0 unspecified atom stereocenters. The smallest absolute Gasteiger partial charge is 0.318 e. The van der Waals surface area contributed by atoms with E-state index >= 15 is 0 Å². The third-order valence-corrected chi connectivity index (χ3v) is 4.36. The molecule has 0 saturated carbocycles. The zero-order valence-electron chi connectivity index (χ0n) is 14.7. The third-order valence-electron chi connectivity index (χ3n) is 4.36. The van der Waals surface area contributed by atoms with Crippen molar-refractivity contribution in [2.75, 3.05) is 31.1 Å². The molecule has 25 heavy (non-hydrogen) atoms. The molecule has 0 radical (unpaired) electrons. The Morgan fingerprint density at radius 1 is 1.16 bits per heavy atom. The lowest BCUT2D eigenvalue weighted by molar-refractivity contribution is 0.188. The van der Waals surface area contributed by atoms with Crippen LogP contribution in [0.3, 0.4) is 0 Å². The summed E-state index contributed by atoms with van der Waals surface area (Å²) in [5.74, 6) is 1.51. The number of amides is 2. The molecule has 0 bridgehead atoms. The number of carbonyl (C=O) groups excluding carboxylic acids is 1. The SMILES string of the molecule is CC[C@@H](NC(=O)N1CCN(c2ncccn2)CC1)c1ncnn1CC. The minimum absolute atomic E-state index is 0.0638. The van der Waals surface area contributed by atoms with Crippen molar-refractivity contribution in [1.82, 2.24) is 34.9 Å². The number of aryl methyl sites for hydroxylation is 1. The monoisotopic (exact) mass is 344 g/mol. The van der Waals surface area contributed by atoms with Gasteiger partial charge in [-0.1, -0.05) is 6.92 Å². The fourth-order valence-electron chi connectivity index (χ4n) is 2.94. The van der Waals surface area contributed by atoms with Gasteiger partial charge in [0.2, 0.25) is 5.95 Å². The van der Waals surface area contributed by atoms with Gasteiger partial charge in [-0.15, -0.1) is 0 Å². The van der Waals surface area contributed by atoms with Crippen LogP contribution in [0.5, 0.6) is 0 Å². The van der Waals surface area contributed by atoms with Crippen LogP contribution in [-0.4, -0.2) is 61.8 Å². The van der Waals surface area contributed by atoms with Gasteiger partial charge in [-0.05, 0) is 19.4 Å². The van der Waals surface area contributed by atoms with Gasteiger partial charge in [-0.25, -0.2) is 24.4 Å². The average molecular weight is 344 g/mol. The molecule has 1 atom stereocenters. The fraction of sp³-hybridized carbons (Fsp3) is 0.562. The molecule has 134 valence electrons. The quantitative estimate of drug-likeness (QED) is 0.872. The summed E-state index contributed by atoms with van der Waals surface area (Å²) >= 11 is 0. The maximum Gasteiger partial charge on any atom is 0.318 e. The Hall–Kier alpha value is -2.71. The number of anilines is 1. The minimum Gasteiger partial charge on any atom is -0.337 e. The van der Waals surface area contributed by atoms with Crippen molar-refractivity contribution in [3.05, 3.63) is 30.6 Å². The number of carbonyl (C=O) groups is 1. The number of aromatic nitrogens is 5. The van der Waals surface area contributed by atoms with E-state index in [1.807, 2.05) is 23.4 Å². The number of rotatable bonds is 5. The van der Waals surface area contributed by atoms with Crippen LogP contribution in [-0.2, 0) is 6.54 Å². The molecule has 1 aliphatic heterocycles. The topological polar surface area (TPSA) is 92.1 Å². The van der Waals surface area contributed by atoms with Crippen LogP contribution < -0.4 is 10.2 Å². The Kier molecular flexibility index (Phi) is 5.42. The molecule has 0 spiro atoms. The zero-order chi connectivity index (χ0) is 17.6. The third kappa shape index (κ3) is 3.86. The fourth-order valence-corrected chi connectivity index (χ4v) is 2.94. The molecule has 3 rings (SSSR count). The van der Waals surface area contributed by atoms with Crippen LogP contribution in [0.25, 0.3) is 0 Å². The van der Waals surface area contributed by atoms with Gasteiger partial charge in [0.05, 0.1) is 6.04 Å². The predicted molar refractivity (Wildman–Crippen MR) is 93.1 cm³/mol. The average Bonchev–Trinajstić information content (AvgIpc) is 3.15. The molecule has 1 aliphatic rings. The maximum absolute atomic E-state index is 12.6. The molecular weight excluding hydrogens is 320 g/mol. The first-order valence-electron chi connectivity index (χ1n) is 8.68. The van der Waals surface area contributed by atoms with Crippen LogP contribution in [0.4, 0.5) is 10.7 Å². The number of urea groups is 1. The largest absolute Gasteiger partial charge is 0.337 e. The standard InChI is InChI=1S/C16H24N8O/c1-3-13(14-19-12-20-24(14)4-2)21-16(25)23-10-8-22(9-11-23)15-17-6-5-7-18-15/h5-7,12-13H,3-4,8-11H2,1-2H3,(H,21,25)/t13-/m1/s1. The van der Waals surface area contributed by atoms with E-state index in [9.17, 15) is 4.79 Å². The van der Waals surface area contributed by atoms with Gasteiger partial charge in [0.1, 0.15) is 12.2 Å². The molecule has 1 fully saturated rings. The van der Waals surface area contributed by atoms with E-state index in [2.05, 4.69) is 30.3 Å². The van der Waals surface area contributed by atoms with E-state index in [0.717, 1.165) is 31.9 Å². The van der Waals surface area contributed by atoms with Crippen molar-refractivity contribution in [2.24, 2.45) is 0 Å². The van der Waals surface area contributed by atoms with Gasteiger partial charge >= 0.3 is 6.03 Å². The summed E-state index contributed by atoms with van der Waals surface area (Å²) in [6.45, 7) is 7.50. The zero-order valence-corrected chi connectivity index (χ0v) is 14.7. The summed E-state index contributed by atoms with van der Waals surface area (Å²) in [7, 11) is 0. The van der Waals surface area contributed by atoms with Crippen molar-refractivity contribution < 1.29 is 4.79 Å². The van der Waals surface area contributed by atoms with Gasteiger partial charge in [0.25, 0.3) is 0 Å². The molecule has 9 nitrogen and oxygen atoms in total. The van der Waals surface area contributed by atoms with Crippen molar-refractivity contribution in [3.8, 4) is 0 Å². The predicted octanol–water partition coefficient (Wildman–Crippen LogP) is 1.07. The summed E-state index contributed by atoms with van der Waals surface area (Å²) < 4.78 is 1.82. The van der Waals surface area contributed by atoms with Crippen LogP contribution in [0.1, 0.15) is 32.1 Å². The van der Waals surface area contributed by atoms with E-state index in [-0.39, 0.29) is 12.1 Å². The van der Waals surface area contributed by atoms with Crippen molar-refractivity contribution >= 4 is 12.0 Å². The van der Waals surface area contributed by atoms with Crippen molar-refractivity contribution in [3.63, 3.8) is 0 Å². The number of nitrogens with one attached hydrogen (secondary N) is 1. The first-order valence-corrected chi connectivity index (χ1v) is 8.68. The highest BCUT2D eigenvalue weighted by molar-refractivity contribution is 5.75. The van der Waals surface area contributed by atoms with Gasteiger partial charge in [-0.2, -0.15) is 5.10 Å². The minimum atomic E-state index is -0.134. The number of hydrogen-bond donors (Lipinski definition) is 1. The molecule has 2 aromatic rings. The first-order chi connectivity index (χ1) is 12.2. The van der Waals surface area contributed by atoms with E-state index in [4.69, 9.17) is 0 Å². The van der Waals surface area contributed by atoms with Gasteiger partial charge in [0.15, 0.2) is 0 Å². The summed E-state index contributed by atoms with van der Waals surface area (Å²) in [6, 6.07) is 1.60. The van der Waals surface area contributed by atoms with Crippen LogP contribution in [0.2, 0.25) is 0 Å². The normalized spacial score (nSPS) is 15.9. The van der Waals surface area contributed by atoms with E-state index in [0.29, 0.717) is 19.0 Å². The van der Waals surface area contributed by atoms with Crippen molar-refractivity contribution in [2.45, 2.75) is 32.9 Å². The summed E-state index contributed by atoms with van der Waals surface area (Å²) in [6.07, 6.45) is 5.77. The van der Waals surface area contributed by atoms with E-state index in [1.54, 1.807) is 18.5 Å². The highest BCUT2D eigenvalue weighted by Crippen LogP contribution is 2.15. The first kappa shape index (κ1) is 17.1. The molecular formula is C16H24N8O. The second kappa shape index (κ2) is 7.91. The maximum atomic E-state index is 12.6. The molecule has 9 heteroatoms. The highest BCUT2D eigenvalue weighted by atomic mass is 16.2. The number of hydrogen-bond acceptors (Lipinski definition) is 6. The van der Waals surface area contributed by atoms with Crippen LogP contribution in [0.15, 0.2) is 24.8 Å². The Bertz CT molecular complexity index is 680. The Labute approximate surface area is 147 Å². The molecule has 1 saturated heterocycles. The van der Waals surface area contributed by atoms with Gasteiger partial charge < -0.3 is 15.1 Å². The highest BCUT2D eigenvalue weighted by Gasteiger charge is 2.25. The van der Waals surface area contributed by atoms with E-state index < -0.39 is 0 Å². The van der Waals surface area contributed by atoms with Crippen molar-refractivity contribution in [1.29, 1.82) is 0 Å². The lowest BCUT2D eigenvalue weighted by atomic mass is 10.2. The van der Waals surface area contributed by atoms with E-state index in [1.165, 1.54) is 6.33 Å². The lowest BCUT2D eigenvalue weighted by Gasteiger charge is -2.35. The molecule has 1 N–H and O–H groups in total. The number of nitrogens with zero attached hydrogens (tertiary/aromatic N) is 7. The van der Waals surface area contributed by atoms with Crippen LogP contribution in [0, 0.1) is 0 Å². The molecule has 0 aromatic carbocycles. The molecule has 2 aromatic heterocycles. The summed E-state index contributed by atoms with van der Waals surface area (Å²) in [5.41, 5.74) is 0. The Morgan fingerprint density at radius 2 is 1.88 bits per heavy atom. The van der Waals surface area contributed by atoms with Gasteiger partial charge in [-0.3, -0.25) is 0 Å². The molecule has 3 heterocycles. The molecule has 0 aliphatic carbocycles. The van der Waals surface area contributed by atoms with Gasteiger partial charge in [0, 0.05) is 45.1 Å². The number of piperazine rings is 1. The lowest BCUT2D eigenvalue weighted by Crippen LogP contribution is -2.52. The second-order valence-electron chi connectivity index (χ2n) is 5.87. The Balaban J connectivity index is 1.57. The Morgan fingerprint density at radius 3 is 2.52 bits per heavy atom. The summed E-state index contributed by atoms with van der Waals surface area (Å²) in [4.78, 5) is 29.4. The second-order valence-corrected chi connectivity index (χ2v) is 5.87. The van der Waals surface area contributed by atoms with Crippen LogP contribution >= 0.6 is 0 Å². The molecule has 2 amide bonds.